The lowest BCUT2D eigenvalue weighted by Gasteiger charge is -2.00. The molecule has 0 aliphatic rings. The van der Waals surface area contributed by atoms with Crippen molar-refractivity contribution < 1.29 is 4.39 Å². The Morgan fingerprint density at radius 3 is 2.85 bits per heavy atom. The number of halogens is 1. The molecule has 0 bridgehead atoms. The van der Waals surface area contributed by atoms with E-state index in [9.17, 15) is 4.39 Å². The van der Waals surface area contributed by atoms with E-state index in [1.165, 1.54) is 17.3 Å². The minimum atomic E-state index is -0.479. The lowest BCUT2D eigenvalue weighted by molar-refractivity contribution is 0.568. The molecule has 2 aromatic rings. The highest BCUT2D eigenvalue weighted by Gasteiger charge is 2.02. The molecule has 0 atom stereocenters. The molecule has 0 aromatic carbocycles. The first-order chi connectivity index (χ1) is 6.27. The molecule has 0 aliphatic heterocycles. The lowest BCUT2D eigenvalue weighted by Crippen LogP contribution is -2.00. The average molecular weight is 178 g/mol. The fourth-order valence-corrected chi connectivity index (χ4v) is 0.948. The van der Waals surface area contributed by atoms with E-state index in [1.807, 2.05) is 0 Å². The van der Waals surface area contributed by atoms with Gasteiger partial charge in [0.2, 0.25) is 5.95 Å². The Balaban J connectivity index is 2.49. The van der Waals surface area contributed by atoms with Crippen LogP contribution in [0.25, 0.3) is 5.82 Å². The van der Waals surface area contributed by atoms with E-state index in [1.54, 1.807) is 19.1 Å². The van der Waals surface area contributed by atoms with Crippen LogP contribution >= 0.6 is 0 Å². The van der Waals surface area contributed by atoms with Gasteiger partial charge >= 0.3 is 0 Å². The number of aryl methyl sites for hydroxylation is 1. The highest BCUT2D eigenvalue weighted by Crippen LogP contribution is 2.06. The van der Waals surface area contributed by atoms with Crippen LogP contribution < -0.4 is 0 Å². The van der Waals surface area contributed by atoms with Crippen molar-refractivity contribution in [2.24, 2.45) is 0 Å². The van der Waals surface area contributed by atoms with Gasteiger partial charge in [0.1, 0.15) is 12.7 Å². The van der Waals surface area contributed by atoms with Gasteiger partial charge in [0.25, 0.3) is 0 Å². The standard InChI is InChI=1S/C8H7FN4/c1-6-2-3-7(12-8(6)9)13-5-10-4-11-13/h2-5H,1H3. The normalized spacial score (nSPS) is 10.3. The van der Waals surface area contributed by atoms with E-state index in [-0.39, 0.29) is 0 Å². The van der Waals surface area contributed by atoms with E-state index >= 15 is 0 Å². The average Bonchev–Trinajstić information content (AvgIpc) is 2.62. The lowest BCUT2D eigenvalue weighted by atomic mass is 10.3. The third-order valence-electron chi connectivity index (χ3n) is 1.67. The SMILES string of the molecule is Cc1ccc(-n2cncn2)nc1F. The Labute approximate surface area is 74.1 Å². The molecule has 0 unspecified atom stereocenters. The number of aromatic nitrogens is 4. The number of hydrogen-bond acceptors (Lipinski definition) is 3. The van der Waals surface area contributed by atoms with Crippen molar-refractivity contribution >= 4 is 0 Å². The van der Waals surface area contributed by atoms with Crippen LogP contribution in [0.5, 0.6) is 0 Å². The fourth-order valence-electron chi connectivity index (χ4n) is 0.948. The van der Waals surface area contributed by atoms with Gasteiger partial charge in [-0.3, -0.25) is 0 Å². The predicted octanol–water partition coefficient (Wildman–Crippen LogP) is 1.11. The van der Waals surface area contributed by atoms with Gasteiger partial charge in [0.15, 0.2) is 5.82 Å². The zero-order chi connectivity index (χ0) is 9.26. The minimum Gasteiger partial charge on any atom is -0.223 e. The first-order valence-corrected chi connectivity index (χ1v) is 3.75. The molecule has 0 radical (unpaired) electrons. The van der Waals surface area contributed by atoms with Gasteiger partial charge in [-0.15, -0.1) is 0 Å². The molecule has 13 heavy (non-hydrogen) atoms. The predicted molar refractivity (Wildman–Crippen MR) is 43.8 cm³/mol. The maximum atomic E-state index is 13.0. The van der Waals surface area contributed by atoms with Crippen LogP contribution in [0.15, 0.2) is 24.8 Å². The van der Waals surface area contributed by atoms with Crippen LogP contribution in [0.3, 0.4) is 0 Å². The van der Waals surface area contributed by atoms with Gasteiger partial charge in [-0.25, -0.2) is 9.67 Å². The molecule has 0 fully saturated rings. The number of rotatable bonds is 1. The summed E-state index contributed by atoms with van der Waals surface area (Å²) >= 11 is 0. The van der Waals surface area contributed by atoms with Gasteiger partial charge in [0, 0.05) is 5.56 Å². The van der Waals surface area contributed by atoms with Crippen LogP contribution in [-0.4, -0.2) is 19.7 Å². The molecule has 66 valence electrons. The summed E-state index contributed by atoms with van der Waals surface area (Å²) in [4.78, 5) is 7.45. The van der Waals surface area contributed by atoms with E-state index in [0.717, 1.165) is 0 Å². The summed E-state index contributed by atoms with van der Waals surface area (Å²) in [5, 5.41) is 3.83. The molecule has 2 rings (SSSR count). The molecule has 0 aliphatic carbocycles. The van der Waals surface area contributed by atoms with Crippen molar-refractivity contribution in [2.75, 3.05) is 0 Å². The highest BCUT2D eigenvalue weighted by molar-refractivity contribution is 5.23. The fraction of sp³-hybridized carbons (Fsp3) is 0.125. The number of pyridine rings is 1. The second-order valence-electron chi connectivity index (χ2n) is 2.62. The maximum Gasteiger partial charge on any atom is 0.217 e. The van der Waals surface area contributed by atoms with Gasteiger partial charge in [-0.1, -0.05) is 6.07 Å². The van der Waals surface area contributed by atoms with Crippen molar-refractivity contribution in [3.8, 4) is 5.82 Å². The third kappa shape index (κ3) is 1.40. The zero-order valence-corrected chi connectivity index (χ0v) is 6.98. The van der Waals surface area contributed by atoms with Crippen LogP contribution in [0, 0.1) is 12.9 Å². The largest absolute Gasteiger partial charge is 0.223 e. The van der Waals surface area contributed by atoms with E-state index < -0.39 is 5.95 Å². The molecule has 2 heterocycles. The Bertz CT molecular complexity index is 410. The molecule has 5 heteroatoms. The Morgan fingerprint density at radius 2 is 2.23 bits per heavy atom. The Hall–Kier alpha value is -1.78. The van der Waals surface area contributed by atoms with Gasteiger partial charge in [0.05, 0.1) is 0 Å². The summed E-state index contributed by atoms with van der Waals surface area (Å²) in [6.45, 7) is 1.66. The Morgan fingerprint density at radius 1 is 1.38 bits per heavy atom. The van der Waals surface area contributed by atoms with Crippen molar-refractivity contribution in [1.82, 2.24) is 19.7 Å². The van der Waals surface area contributed by atoms with Crippen LogP contribution in [0.4, 0.5) is 4.39 Å². The molecule has 4 nitrogen and oxygen atoms in total. The number of hydrogen-bond donors (Lipinski definition) is 0. The maximum absolute atomic E-state index is 13.0. The van der Waals surface area contributed by atoms with E-state index in [0.29, 0.717) is 11.4 Å². The molecule has 0 saturated heterocycles. The summed E-state index contributed by atoms with van der Waals surface area (Å²) in [5.41, 5.74) is 0.517. The summed E-state index contributed by atoms with van der Waals surface area (Å²) in [7, 11) is 0. The Kier molecular flexibility index (Phi) is 1.77. The van der Waals surface area contributed by atoms with Crippen LogP contribution in [0.2, 0.25) is 0 Å². The van der Waals surface area contributed by atoms with E-state index in [2.05, 4.69) is 15.1 Å². The van der Waals surface area contributed by atoms with Crippen LogP contribution in [0.1, 0.15) is 5.56 Å². The third-order valence-corrected chi connectivity index (χ3v) is 1.67. The van der Waals surface area contributed by atoms with Gasteiger partial charge in [-0.05, 0) is 13.0 Å². The summed E-state index contributed by atoms with van der Waals surface area (Å²) in [6.07, 6.45) is 2.84. The summed E-state index contributed by atoms with van der Waals surface area (Å²) in [6, 6.07) is 3.34. The first kappa shape index (κ1) is 7.85. The number of nitrogens with zero attached hydrogens (tertiary/aromatic N) is 4. The molecular formula is C8H7FN4. The first-order valence-electron chi connectivity index (χ1n) is 3.75. The summed E-state index contributed by atoms with van der Waals surface area (Å²) < 4.78 is 14.4. The second kappa shape index (κ2) is 2.93. The van der Waals surface area contributed by atoms with Crippen LogP contribution in [-0.2, 0) is 0 Å². The topological polar surface area (TPSA) is 43.6 Å². The van der Waals surface area contributed by atoms with Crippen molar-refractivity contribution in [3.05, 3.63) is 36.3 Å². The minimum absolute atomic E-state index is 0.431. The molecule has 2 aromatic heterocycles. The van der Waals surface area contributed by atoms with Crippen molar-refractivity contribution in [2.45, 2.75) is 6.92 Å². The van der Waals surface area contributed by atoms with Crippen molar-refractivity contribution in [1.29, 1.82) is 0 Å². The van der Waals surface area contributed by atoms with Gasteiger partial charge in [-0.2, -0.15) is 14.5 Å². The molecule has 0 saturated carbocycles. The monoisotopic (exact) mass is 178 g/mol. The molecule has 0 amide bonds. The summed E-state index contributed by atoms with van der Waals surface area (Å²) in [5.74, 6) is -0.0476. The molecular weight excluding hydrogens is 171 g/mol. The smallest absolute Gasteiger partial charge is 0.217 e. The quantitative estimate of drug-likeness (QED) is 0.614. The van der Waals surface area contributed by atoms with Crippen molar-refractivity contribution in [3.63, 3.8) is 0 Å². The zero-order valence-electron chi connectivity index (χ0n) is 6.98. The van der Waals surface area contributed by atoms with E-state index in [4.69, 9.17) is 0 Å². The highest BCUT2D eigenvalue weighted by atomic mass is 19.1. The second-order valence-corrected chi connectivity index (χ2v) is 2.62. The molecule has 0 N–H and O–H groups in total. The van der Waals surface area contributed by atoms with Gasteiger partial charge < -0.3 is 0 Å². The molecule has 0 spiro atoms.